The molecule has 1 aromatic rings. The predicted octanol–water partition coefficient (Wildman–Crippen LogP) is 2.31. The smallest absolute Gasteiger partial charge is 0.425 e. The molecule has 20 heavy (non-hydrogen) atoms. The maximum atomic E-state index is 13.1. The zero-order chi connectivity index (χ0) is 15.6. The number of carbonyl (C=O) groups is 1. The van der Waals surface area contributed by atoms with Crippen molar-refractivity contribution in [3.63, 3.8) is 0 Å². The first-order valence-electron chi connectivity index (χ1n) is 4.68. The Morgan fingerprint density at radius 1 is 1.20 bits per heavy atom. The molecule has 0 aliphatic carbocycles. The summed E-state index contributed by atoms with van der Waals surface area (Å²) in [6.07, 6.45) is -9.21. The van der Waals surface area contributed by atoms with Gasteiger partial charge in [-0.15, -0.1) is 13.2 Å². The van der Waals surface area contributed by atoms with Crippen LogP contribution in [0.5, 0.6) is 11.5 Å². The highest BCUT2D eigenvalue weighted by molar-refractivity contribution is 9.10. The summed E-state index contributed by atoms with van der Waals surface area (Å²) in [6.45, 7) is 0. The molecular formula is C9H6BrF5N2O3. The molecule has 1 amide bonds. The fourth-order valence-electron chi connectivity index (χ4n) is 1.03. The van der Waals surface area contributed by atoms with Crippen molar-refractivity contribution in [3.8, 4) is 11.5 Å². The van der Waals surface area contributed by atoms with E-state index in [0.29, 0.717) is 0 Å². The largest absolute Gasteiger partial charge is 0.573 e. The molecule has 3 N–H and O–H groups in total. The van der Waals surface area contributed by atoms with Crippen LogP contribution in [0.25, 0.3) is 0 Å². The highest BCUT2D eigenvalue weighted by atomic mass is 79.9. The van der Waals surface area contributed by atoms with Gasteiger partial charge in [-0.25, -0.2) is 5.84 Å². The molecule has 5 nitrogen and oxygen atoms in total. The fourth-order valence-corrected chi connectivity index (χ4v) is 1.47. The second-order valence-corrected chi connectivity index (χ2v) is 4.09. The maximum Gasteiger partial charge on any atom is 0.573 e. The van der Waals surface area contributed by atoms with Crippen LogP contribution >= 0.6 is 15.9 Å². The summed E-state index contributed by atoms with van der Waals surface area (Å²) in [6, 6.07) is 2.28. The van der Waals surface area contributed by atoms with Crippen LogP contribution in [-0.2, 0) is 4.79 Å². The van der Waals surface area contributed by atoms with Crippen molar-refractivity contribution < 1.29 is 36.2 Å². The van der Waals surface area contributed by atoms with Crippen LogP contribution in [0, 0.1) is 0 Å². The predicted molar refractivity (Wildman–Crippen MR) is 58.7 cm³/mol. The number of hydrogen-bond acceptors (Lipinski definition) is 4. The van der Waals surface area contributed by atoms with Crippen LogP contribution in [0.3, 0.4) is 0 Å². The molecular weight excluding hydrogens is 359 g/mol. The van der Waals surface area contributed by atoms with E-state index in [1.165, 1.54) is 5.43 Å². The standard InChI is InChI=1S/C9H6BrF5N2O3/c10-5-3-4(19-8(11,12)7(18)17-16)1-2-6(5)20-9(13,14)15/h1-3H,16H2,(H,17,18). The molecule has 0 fully saturated rings. The Morgan fingerprint density at radius 3 is 2.25 bits per heavy atom. The number of carbonyl (C=O) groups excluding carboxylic acids is 1. The van der Waals surface area contributed by atoms with Gasteiger partial charge in [-0.1, -0.05) is 0 Å². The second-order valence-electron chi connectivity index (χ2n) is 3.23. The molecule has 0 saturated carbocycles. The number of benzene rings is 1. The van der Waals surface area contributed by atoms with Gasteiger partial charge in [0.05, 0.1) is 4.47 Å². The summed E-state index contributed by atoms with van der Waals surface area (Å²) in [7, 11) is 0. The number of hydrazine groups is 1. The molecule has 0 aliphatic heterocycles. The van der Waals surface area contributed by atoms with Crippen molar-refractivity contribution in [1.82, 2.24) is 5.43 Å². The highest BCUT2D eigenvalue weighted by Crippen LogP contribution is 2.34. The van der Waals surface area contributed by atoms with Gasteiger partial charge in [0.1, 0.15) is 11.5 Å². The summed E-state index contributed by atoms with van der Waals surface area (Å²) in [4.78, 5) is 10.7. The van der Waals surface area contributed by atoms with E-state index in [-0.39, 0.29) is 4.47 Å². The average molecular weight is 365 g/mol. The van der Waals surface area contributed by atoms with E-state index in [0.717, 1.165) is 18.2 Å². The molecule has 1 aromatic carbocycles. The Kier molecular flexibility index (Phi) is 4.76. The minimum Gasteiger partial charge on any atom is -0.425 e. The average Bonchev–Trinajstić information content (AvgIpc) is 2.29. The number of nitrogens with one attached hydrogen (secondary N) is 1. The van der Waals surface area contributed by atoms with Crippen LogP contribution in [0.1, 0.15) is 0 Å². The zero-order valence-corrected chi connectivity index (χ0v) is 10.9. The number of hydrogen-bond donors (Lipinski definition) is 2. The van der Waals surface area contributed by atoms with Crippen molar-refractivity contribution in [1.29, 1.82) is 0 Å². The molecule has 0 heterocycles. The van der Waals surface area contributed by atoms with Crippen LogP contribution in [0.2, 0.25) is 0 Å². The number of ether oxygens (including phenoxy) is 2. The Morgan fingerprint density at radius 2 is 1.80 bits per heavy atom. The van der Waals surface area contributed by atoms with E-state index in [9.17, 15) is 26.7 Å². The Labute approximate surface area is 116 Å². The van der Waals surface area contributed by atoms with Gasteiger partial charge in [-0.2, -0.15) is 8.78 Å². The van der Waals surface area contributed by atoms with Gasteiger partial charge in [-0.3, -0.25) is 10.2 Å². The number of alkyl halides is 5. The first kappa shape index (κ1) is 16.4. The molecule has 1 rings (SSSR count). The molecule has 0 spiro atoms. The van der Waals surface area contributed by atoms with E-state index >= 15 is 0 Å². The lowest BCUT2D eigenvalue weighted by molar-refractivity contribution is -0.274. The minimum atomic E-state index is -4.94. The van der Waals surface area contributed by atoms with Crippen molar-refractivity contribution in [2.75, 3.05) is 0 Å². The van der Waals surface area contributed by atoms with Gasteiger partial charge in [0.15, 0.2) is 0 Å². The molecule has 11 heteroatoms. The normalized spacial score (nSPS) is 11.9. The Balaban J connectivity index is 2.91. The van der Waals surface area contributed by atoms with Gasteiger partial charge in [0.25, 0.3) is 0 Å². The van der Waals surface area contributed by atoms with Gasteiger partial charge >= 0.3 is 18.4 Å². The van der Waals surface area contributed by atoms with Crippen molar-refractivity contribution in [3.05, 3.63) is 22.7 Å². The molecule has 0 unspecified atom stereocenters. The first-order chi connectivity index (χ1) is 9.05. The van der Waals surface area contributed by atoms with Crippen LogP contribution in [0.15, 0.2) is 22.7 Å². The summed E-state index contributed by atoms with van der Waals surface area (Å²) >= 11 is 2.69. The lowest BCUT2D eigenvalue weighted by Gasteiger charge is -2.17. The maximum absolute atomic E-state index is 13.1. The van der Waals surface area contributed by atoms with Gasteiger partial charge < -0.3 is 9.47 Å². The van der Waals surface area contributed by atoms with E-state index < -0.39 is 29.9 Å². The molecule has 0 aliphatic rings. The molecule has 0 aromatic heterocycles. The third-order valence-corrected chi connectivity index (χ3v) is 2.39. The van der Waals surface area contributed by atoms with E-state index in [1.54, 1.807) is 0 Å². The molecule has 0 bridgehead atoms. The summed E-state index contributed by atoms with van der Waals surface area (Å²) in [5.41, 5.74) is 1.18. The van der Waals surface area contributed by atoms with Crippen LogP contribution < -0.4 is 20.7 Å². The van der Waals surface area contributed by atoms with Gasteiger partial charge in [0, 0.05) is 0 Å². The monoisotopic (exact) mass is 364 g/mol. The van der Waals surface area contributed by atoms with Crippen molar-refractivity contribution in [2.24, 2.45) is 5.84 Å². The topological polar surface area (TPSA) is 73.6 Å². The first-order valence-corrected chi connectivity index (χ1v) is 5.47. The second kappa shape index (κ2) is 5.79. The molecule has 0 saturated heterocycles. The van der Waals surface area contributed by atoms with Gasteiger partial charge in [0.2, 0.25) is 0 Å². The lowest BCUT2D eigenvalue weighted by atomic mass is 10.3. The zero-order valence-electron chi connectivity index (χ0n) is 9.30. The number of nitrogens with two attached hydrogens (primary N) is 1. The lowest BCUT2D eigenvalue weighted by Crippen LogP contribution is -2.47. The van der Waals surface area contributed by atoms with Crippen molar-refractivity contribution >= 4 is 21.8 Å². The SMILES string of the molecule is NNC(=O)C(F)(F)Oc1ccc(OC(F)(F)F)c(Br)c1. The third kappa shape index (κ3) is 4.49. The molecule has 0 atom stereocenters. The summed E-state index contributed by atoms with van der Waals surface area (Å²) in [5.74, 6) is 1.38. The van der Waals surface area contributed by atoms with Crippen LogP contribution in [-0.4, -0.2) is 18.4 Å². The number of halogens is 6. The number of rotatable bonds is 4. The summed E-state index contributed by atoms with van der Waals surface area (Å²) in [5, 5.41) is 0. The molecule has 0 radical (unpaired) electrons. The van der Waals surface area contributed by atoms with Crippen LogP contribution in [0.4, 0.5) is 22.0 Å². The summed E-state index contributed by atoms with van der Waals surface area (Å²) < 4.78 is 69.4. The van der Waals surface area contributed by atoms with E-state index in [2.05, 4.69) is 31.2 Å². The van der Waals surface area contributed by atoms with Crippen molar-refractivity contribution in [2.45, 2.75) is 12.5 Å². The fraction of sp³-hybridized carbons (Fsp3) is 0.222. The third-order valence-electron chi connectivity index (χ3n) is 1.77. The Hall–Kier alpha value is -1.62. The van der Waals surface area contributed by atoms with Gasteiger partial charge in [-0.05, 0) is 34.1 Å². The quantitative estimate of drug-likeness (QED) is 0.372. The molecule has 112 valence electrons. The van der Waals surface area contributed by atoms with E-state index in [4.69, 9.17) is 0 Å². The number of amides is 1. The van der Waals surface area contributed by atoms with E-state index in [1.807, 2.05) is 0 Å². The Bertz CT molecular complexity index is 509. The minimum absolute atomic E-state index is 0.295. The highest BCUT2D eigenvalue weighted by Gasteiger charge is 2.42.